The molecule has 4 aromatic rings. The average molecular weight is 450 g/mol. The lowest BCUT2D eigenvalue weighted by Gasteiger charge is -2.29. The molecule has 172 valence electrons. The van der Waals surface area contributed by atoms with E-state index in [-0.39, 0.29) is 12.2 Å². The number of hydrogen-bond acceptors (Lipinski definition) is 7. The molecule has 0 unspecified atom stereocenters. The molecule has 5 rings (SSSR count). The summed E-state index contributed by atoms with van der Waals surface area (Å²) < 4.78 is 7.22. The van der Waals surface area contributed by atoms with Gasteiger partial charge in [0.25, 0.3) is 5.56 Å². The molecule has 0 radical (unpaired) electrons. The van der Waals surface area contributed by atoms with Crippen LogP contribution in [0.4, 0.5) is 11.4 Å². The van der Waals surface area contributed by atoms with Gasteiger partial charge in [0.1, 0.15) is 11.4 Å². The molecular weight excluding hydrogens is 422 g/mol. The molecule has 1 saturated heterocycles. The molecule has 3 aromatic heterocycles. The summed E-state index contributed by atoms with van der Waals surface area (Å²) in [5, 5.41) is 16.7. The van der Waals surface area contributed by atoms with Crippen molar-refractivity contribution in [2.24, 2.45) is 0 Å². The molecule has 1 aliphatic heterocycles. The van der Waals surface area contributed by atoms with Gasteiger partial charge in [0.05, 0.1) is 49.3 Å². The fourth-order valence-electron chi connectivity index (χ4n) is 4.17. The van der Waals surface area contributed by atoms with Crippen LogP contribution < -0.4 is 15.8 Å². The fourth-order valence-corrected chi connectivity index (χ4v) is 4.17. The highest BCUT2D eigenvalue weighted by atomic mass is 16.5. The summed E-state index contributed by atoms with van der Waals surface area (Å²) in [6.45, 7) is 6.31. The molecule has 4 N–H and O–H groups in total. The number of hydrogen-bond donors (Lipinski definition) is 4. The molecular formula is C23H27N7O3. The summed E-state index contributed by atoms with van der Waals surface area (Å²) in [6.07, 6.45) is 5.06. The second kappa shape index (κ2) is 9.08. The van der Waals surface area contributed by atoms with Crippen molar-refractivity contribution in [1.29, 1.82) is 0 Å². The minimum Gasteiger partial charge on any atom is -0.392 e. The van der Waals surface area contributed by atoms with Crippen LogP contribution in [0.1, 0.15) is 11.1 Å². The monoisotopic (exact) mass is 449 g/mol. The van der Waals surface area contributed by atoms with E-state index in [2.05, 4.69) is 37.4 Å². The number of morpholine rings is 1. The number of aliphatic hydroxyl groups is 1. The smallest absolute Gasteiger partial charge is 0.261 e. The van der Waals surface area contributed by atoms with Crippen molar-refractivity contribution in [3.63, 3.8) is 0 Å². The van der Waals surface area contributed by atoms with Gasteiger partial charge in [0.2, 0.25) is 0 Å². The van der Waals surface area contributed by atoms with Gasteiger partial charge in [-0.25, -0.2) is 4.98 Å². The molecule has 0 spiro atoms. The number of pyridine rings is 1. The van der Waals surface area contributed by atoms with Crippen molar-refractivity contribution >= 4 is 22.4 Å². The fraction of sp³-hybridized carbons (Fsp3) is 0.348. The van der Waals surface area contributed by atoms with Crippen molar-refractivity contribution in [3.05, 3.63) is 58.3 Å². The Labute approximate surface area is 190 Å². The molecule has 10 nitrogen and oxygen atoms in total. The highest BCUT2D eigenvalue weighted by Gasteiger charge is 2.18. The minimum absolute atomic E-state index is 0.0373. The molecule has 33 heavy (non-hydrogen) atoms. The van der Waals surface area contributed by atoms with Gasteiger partial charge in [-0.3, -0.25) is 9.48 Å². The summed E-state index contributed by atoms with van der Waals surface area (Å²) in [4.78, 5) is 26.0. The van der Waals surface area contributed by atoms with Crippen molar-refractivity contribution in [2.75, 3.05) is 43.1 Å². The van der Waals surface area contributed by atoms with E-state index in [1.165, 1.54) is 0 Å². The van der Waals surface area contributed by atoms with Gasteiger partial charge in [0.15, 0.2) is 0 Å². The third kappa shape index (κ3) is 4.35. The number of aromatic nitrogens is 5. The van der Waals surface area contributed by atoms with E-state index in [1.807, 2.05) is 13.0 Å². The zero-order valence-electron chi connectivity index (χ0n) is 18.5. The number of aryl methyl sites for hydroxylation is 1. The van der Waals surface area contributed by atoms with Crippen molar-refractivity contribution in [2.45, 2.75) is 20.1 Å². The van der Waals surface area contributed by atoms with E-state index >= 15 is 0 Å². The lowest BCUT2D eigenvalue weighted by Crippen LogP contribution is -2.36. The third-order valence-corrected chi connectivity index (χ3v) is 5.86. The second-order valence-electron chi connectivity index (χ2n) is 8.14. The summed E-state index contributed by atoms with van der Waals surface area (Å²) in [5.74, 6) is 0.526. The predicted octanol–water partition coefficient (Wildman–Crippen LogP) is 1.86. The van der Waals surface area contributed by atoms with E-state index in [9.17, 15) is 9.90 Å². The van der Waals surface area contributed by atoms with E-state index in [4.69, 9.17) is 9.72 Å². The Morgan fingerprint density at radius 1 is 1.27 bits per heavy atom. The molecule has 0 bridgehead atoms. The number of nitrogens with one attached hydrogen (secondary N) is 3. The first-order valence-corrected chi connectivity index (χ1v) is 11.0. The number of H-pyrrole nitrogens is 2. The van der Waals surface area contributed by atoms with Gasteiger partial charge in [-0.1, -0.05) is 0 Å². The van der Waals surface area contributed by atoms with Crippen molar-refractivity contribution in [3.8, 4) is 11.4 Å². The molecule has 4 heterocycles. The van der Waals surface area contributed by atoms with Crippen molar-refractivity contribution in [1.82, 2.24) is 24.7 Å². The quantitative estimate of drug-likeness (QED) is 0.339. The van der Waals surface area contributed by atoms with Crippen molar-refractivity contribution < 1.29 is 9.84 Å². The van der Waals surface area contributed by atoms with Gasteiger partial charge in [0, 0.05) is 43.3 Å². The van der Waals surface area contributed by atoms with E-state index in [0.29, 0.717) is 30.2 Å². The molecule has 1 aliphatic rings. The number of benzene rings is 1. The van der Waals surface area contributed by atoms with Crippen LogP contribution in [0.15, 0.2) is 41.6 Å². The molecule has 1 aromatic carbocycles. The summed E-state index contributed by atoms with van der Waals surface area (Å²) >= 11 is 0. The Hall–Kier alpha value is -3.63. The molecule has 0 atom stereocenters. The third-order valence-electron chi connectivity index (χ3n) is 5.86. The van der Waals surface area contributed by atoms with Crippen LogP contribution in [0, 0.1) is 6.92 Å². The maximum Gasteiger partial charge on any atom is 0.261 e. The van der Waals surface area contributed by atoms with Gasteiger partial charge < -0.3 is 30.0 Å². The molecule has 0 amide bonds. The van der Waals surface area contributed by atoms with Gasteiger partial charge in [-0.05, 0) is 30.7 Å². The lowest BCUT2D eigenvalue weighted by atomic mass is 10.1. The Kier molecular flexibility index (Phi) is 5.84. The number of aliphatic hydroxyl groups excluding tert-OH is 1. The minimum atomic E-state index is -0.216. The topological polar surface area (TPSA) is 124 Å². The average Bonchev–Trinajstić information content (AvgIpc) is 3.47. The largest absolute Gasteiger partial charge is 0.392 e. The number of aromatic amines is 2. The first kappa shape index (κ1) is 21.2. The Morgan fingerprint density at radius 3 is 2.91 bits per heavy atom. The van der Waals surface area contributed by atoms with Crippen LogP contribution in [-0.2, 0) is 17.9 Å². The van der Waals surface area contributed by atoms with Gasteiger partial charge >= 0.3 is 0 Å². The predicted molar refractivity (Wildman–Crippen MR) is 127 cm³/mol. The van der Waals surface area contributed by atoms with Crippen LogP contribution in [0.2, 0.25) is 0 Å². The first-order chi connectivity index (χ1) is 16.1. The van der Waals surface area contributed by atoms with E-state index < -0.39 is 0 Å². The highest BCUT2D eigenvalue weighted by Crippen LogP contribution is 2.29. The maximum atomic E-state index is 12.8. The Morgan fingerprint density at radius 2 is 2.12 bits per heavy atom. The van der Waals surface area contributed by atoms with E-state index in [1.54, 1.807) is 23.3 Å². The SMILES string of the molecule is Cc1cc(N2CCOCC2)cc2[nH]c(-c3c(NCCn4cc(CO)cn4)cc[nH]c3=O)nc12. The lowest BCUT2D eigenvalue weighted by molar-refractivity contribution is 0.122. The molecule has 0 saturated carbocycles. The summed E-state index contributed by atoms with van der Waals surface area (Å²) in [7, 11) is 0. The molecule has 0 aliphatic carbocycles. The number of rotatable bonds is 7. The summed E-state index contributed by atoms with van der Waals surface area (Å²) in [6, 6.07) is 6.06. The van der Waals surface area contributed by atoms with Gasteiger partial charge in [-0.2, -0.15) is 5.10 Å². The van der Waals surface area contributed by atoms with Crippen LogP contribution in [-0.4, -0.2) is 62.7 Å². The summed E-state index contributed by atoms with van der Waals surface area (Å²) in [5.41, 5.74) is 5.64. The normalized spacial score (nSPS) is 14.2. The highest BCUT2D eigenvalue weighted by molar-refractivity contribution is 5.87. The van der Waals surface area contributed by atoms with Crippen LogP contribution >= 0.6 is 0 Å². The standard InChI is InChI=1S/C23H27N7O3/c1-15-10-17(29-6-8-33-9-7-29)11-19-21(15)28-22(27-19)20-18(2-3-25-23(20)32)24-4-5-30-13-16(14-31)12-26-30/h2-3,10-13,31H,4-9,14H2,1H3,(H,27,28)(H2,24,25,32). The first-order valence-electron chi connectivity index (χ1n) is 11.0. The number of nitrogens with zero attached hydrogens (tertiary/aromatic N) is 4. The number of anilines is 2. The van der Waals surface area contributed by atoms with Gasteiger partial charge in [-0.15, -0.1) is 0 Å². The second-order valence-corrected chi connectivity index (χ2v) is 8.14. The number of ether oxygens (including phenoxy) is 1. The zero-order chi connectivity index (χ0) is 22.8. The number of fused-ring (bicyclic) bond motifs is 1. The molecule has 1 fully saturated rings. The molecule has 10 heteroatoms. The number of imidazole rings is 1. The van der Waals surface area contributed by atoms with Crippen LogP contribution in [0.25, 0.3) is 22.4 Å². The maximum absolute atomic E-state index is 12.8. The Balaban J connectivity index is 1.42. The Bertz CT molecular complexity index is 1320. The van der Waals surface area contributed by atoms with E-state index in [0.717, 1.165) is 54.2 Å². The zero-order valence-corrected chi connectivity index (χ0v) is 18.5. The van der Waals surface area contributed by atoms with Crippen LogP contribution in [0.5, 0.6) is 0 Å². The van der Waals surface area contributed by atoms with Crippen LogP contribution in [0.3, 0.4) is 0 Å².